The van der Waals surface area contributed by atoms with Crippen LogP contribution < -0.4 is 4.31 Å². The zero-order chi connectivity index (χ0) is 22.9. The fourth-order valence-corrected chi connectivity index (χ4v) is 5.58. The van der Waals surface area contributed by atoms with Crippen molar-refractivity contribution in [3.63, 3.8) is 0 Å². The van der Waals surface area contributed by atoms with Crippen molar-refractivity contribution in [3.05, 3.63) is 59.2 Å². The average Bonchev–Trinajstić information content (AvgIpc) is 3.23. The molecule has 0 bridgehead atoms. The van der Waals surface area contributed by atoms with E-state index >= 15 is 0 Å². The molecule has 1 saturated heterocycles. The molecular formula is C23H27N3O5S. The van der Waals surface area contributed by atoms with Gasteiger partial charge in [-0.1, -0.05) is 17.7 Å². The average molecular weight is 458 g/mol. The van der Waals surface area contributed by atoms with Crippen LogP contribution in [0.5, 0.6) is 0 Å². The van der Waals surface area contributed by atoms with Gasteiger partial charge in [0.2, 0.25) is 0 Å². The number of nitrogens with zero attached hydrogens (tertiary/aromatic N) is 3. The van der Waals surface area contributed by atoms with Crippen LogP contribution >= 0.6 is 0 Å². The molecule has 8 nitrogen and oxygen atoms in total. The maximum absolute atomic E-state index is 13.1. The van der Waals surface area contributed by atoms with Crippen LogP contribution in [0.25, 0.3) is 0 Å². The Morgan fingerprint density at radius 2 is 1.59 bits per heavy atom. The van der Waals surface area contributed by atoms with E-state index < -0.39 is 10.0 Å². The molecule has 0 aliphatic carbocycles. The lowest BCUT2D eigenvalue weighted by atomic mass is 10.1. The summed E-state index contributed by atoms with van der Waals surface area (Å²) in [6.45, 7) is 6.07. The minimum atomic E-state index is -3.65. The van der Waals surface area contributed by atoms with E-state index in [4.69, 9.17) is 4.74 Å². The number of sulfonamides is 1. The fourth-order valence-electron chi connectivity index (χ4n) is 4.08. The topological polar surface area (TPSA) is 87.2 Å². The standard InChI is InChI=1S/C23H27N3O5S/c1-3-31-23(28)25-14-12-24(13-15-25)22(27)19-6-9-21-18(16-19)10-11-26(21)32(29,30)20-7-4-17(2)5-8-20/h4-9,16H,3,10-15H2,1-2H3. The Morgan fingerprint density at radius 3 is 2.25 bits per heavy atom. The number of rotatable bonds is 4. The van der Waals surface area contributed by atoms with Crippen molar-refractivity contribution in [2.45, 2.75) is 25.2 Å². The summed E-state index contributed by atoms with van der Waals surface area (Å²) in [5.41, 5.74) is 2.99. The van der Waals surface area contributed by atoms with Gasteiger partial charge in [0.1, 0.15) is 0 Å². The lowest BCUT2D eigenvalue weighted by Crippen LogP contribution is -2.50. The predicted octanol–water partition coefficient (Wildman–Crippen LogP) is 2.66. The van der Waals surface area contributed by atoms with Crippen LogP contribution in [0.3, 0.4) is 0 Å². The molecule has 0 unspecified atom stereocenters. The Labute approximate surface area is 188 Å². The van der Waals surface area contributed by atoms with E-state index in [1.165, 1.54) is 4.31 Å². The number of carbonyl (C=O) groups excluding carboxylic acids is 2. The highest BCUT2D eigenvalue weighted by molar-refractivity contribution is 7.92. The third-order valence-electron chi connectivity index (χ3n) is 5.88. The molecule has 0 radical (unpaired) electrons. The number of hydrogen-bond donors (Lipinski definition) is 0. The Morgan fingerprint density at radius 1 is 0.938 bits per heavy atom. The molecule has 170 valence electrons. The van der Waals surface area contributed by atoms with E-state index in [9.17, 15) is 18.0 Å². The number of ether oxygens (including phenoxy) is 1. The first-order valence-electron chi connectivity index (χ1n) is 10.7. The molecule has 0 atom stereocenters. The summed E-state index contributed by atoms with van der Waals surface area (Å²) in [6.07, 6.45) is 0.199. The van der Waals surface area contributed by atoms with Crippen LogP contribution in [0.2, 0.25) is 0 Å². The first-order chi connectivity index (χ1) is 15.3. The second kappa shape index (κ2) is 8.82. The first-order valence-corrected chi connectivity index (χ1v) is 12.2. The van der Waals surface area contributed by atoms with E-state index in [1.54, 1.807) is 59.2 Å². The number of fused-ring (bicyclic) bond motifs is 1. The van der Waals surface area contributed by atoms with E-state index in [2.05, 4.69) is 0 Å². The molecule has 0 aromatic heterocycles. The molecule has 2 aromatic rings. The Kier molecular flexibility index (Phi) is 6.10. The monoisotopic (exact) mass is 457 g/mol. The third-order valence-corrected chi connectivity index (χ3v) is 7.71. The van der Waals surface area contributed by atoms with Crippen molar-refractivity contribution in [2.75, 3.05) is 43.6 Å². The SMILES string of the molecule is CCOC(=O)N1CCN(C(=O)c2ccc3c(c2)CCN3S(=O)(=O)c2ccc(C)cc2)CC1. The number of hydrogen-bond acceptors (Lipinski definition) is 5. The number of aryl methyl sites for hydroxylation is 1. The smallest absolute Gasteiger partial charge is 0.409 e. The highest BCUT2D eigenvalue weighted by Gasteiger charge is 2.32. The van der Waals surface area contributed by atoms with Crippen LogP contribution in [0.15, 0.2) is 47.4 Å². The number of benzene rings is 2. The van der Waals surface area contributed by atoms with Gasteiger partial charge in [-0.15, -0.1) is 0 Å². The van der Waals surface area contributed by atoms with Gasteiger partial charge in [-0.3, -0.25) is 9.10 Å². The predicted molar refractivity (Wildman–Crippen MR) is 120 cm³/mol. The summed E-state index contributed by atoms with van der Waals surface area (Å²) in [5.74, 6) is -0.115. The minimum absolute atomic E-state index is 0.115. The van der Waals surface area contributed by atoms with Gasteiger partial charge in [-0.05, 0) is 56.2 Å². The summed E-state index contributed by atoms with van der Waals surface area (Å²) in [6, 6.07) is 12.0. The second-order valence-corrected chi connectivity index (χ2v) is 9.82. The van der Waals surface area contributed by atoms with Gasteiger partial charge < -0.3 is 14.5 Å². The largest absolute Gasteiger partial charge is 0.450 e. The molecule has 1 fully saturated rings. The van der Waals surface area contributed by atoms with Crippen LogP contribution in [-0.2, 0) is 21.2 Å². The highest BCUT2D eigenvalue weighted by atomic mass is 32.2. The van der Waals surface area contributed by atoms with Crippen LogP contribution in [0.4, 0.5) is 10.5 Å². The van der Waals surface area contributed by atoms with E-state index in [1.807, 2.05) is 6.92 Å². The lowest BCUT2D eigenvalue weighted by Gasteiger charge is -2.34. The van der Waals surface area contributed by atoms with Gasteiger partial charge in [0, 0.05) is 38.3 Å². The molecule has 9 heteroatoms. The van der Waals surface area contributed by atoms with Crippen LogP contribution in [-0.4, -0.2) is 69.5 Å². The minimum Gasteiger partial charge on any atom is -0.450 e. The molecule has 2 aliphatic heterocycles. The third kappa shape index (κ3) is 4.17. The number of amides is 2. The molecule has 0 N–H and O–H groups in total. The van der Waals surface area contributed by atoms with E-state index in [-0.39, 0.29) is 16.9 Å². The number of piperazine rings is 1. The molecule has 2 amide bonds. The summed E-state index contributed by atoms with van der Waals surface area (Å²) in [7, 11) is -3.65. The Hall–Kier alpha value is -3.07. The molecule has 2 aromatic carbocycles. The van der Waals surface area contributed by atoms with Crippen molar-refractivity contribution < 1.29 is 22.7 Å². The van der Waals surface area contributed by atoms with E-state index in [0.717, 1.165) is 11.1 Å². The molecular weight excluding hydrogens is 430 g/mol. The normalized spacial score (nSPS) is 16.1. The van der Waals surface area contributed by atoms with Crippen LogP contribution in [0, 0.1) is 6.92 Å². The van der Waals surface area contributed by atoms with Crippen molar-refractivity contribution >= 4 is 27.7 Å². The van der Waals surface area contributed by atoms with Gasteiger partial charge in [0.15, 0.2) is 0 Å². The Balaban J connectivity index is 1.48. The molecule has 2 aliphatic rings. The van der Waals surface area contributed by atoms with Gasteiger partial charge in [0.25, 0.3) is 15.9 Å². The molecule has 2 heterocycles. The molecule has 0 spiro atoms. The zero-order valence-electron chi connectivity index (χ0n) is 18.3. The van der Waals surface area contributed by atoms with Crippen molar-refractivity contribution in [1.82, 2.24) is 9.80 Å². The molecule has 4 rings (SSSR count). The van der Waals surface area contributed by atoms with E-state index in [0.29, 0.717) is 57.0 Å². The van der Waals surface area contributed by atoms with Crippen molar-refractivity contribution in [1.29, 1.82) is 0 Å². The maximum Gasteiger partial charge on any atom is 0.409 e. The summed E-state index contributed by atoms with van der Waals surface area (Å²) >= 11 is 0. The van der Waals surface area contributed by atoms with Gasteiger partial charge in [-0.25, -0.2) is 13.2 Å². The lowest BCUT2D eigenvalue weighted by molar-refractivity contribution is 0.0570. The van der Waals surface area contributed by atoms with Gasteiger partial charge in [0.05, 0.1) is 17.2 Å². The molecule has 32 heavy (non-hydrogen) atoms. The zero-order valence-corrected chi connectivity index (χ0v) is 19.1. The van der Waals surface area contributed by atoms with Crippen molar-refractivity contribution in [3.8, 4) is 0 Å². The highest BCUT2D eigenvalue weighted by Crippen LogP contribution is 2.34. The van der Waals surface area contributed by atoms with Gasteiger partial charge in [-0.2, -0.15) is 0 Å². The quantitative estimate of drug-likeness (QED) is 0.705. The number of anilines is 1. The second-order valence-electron chi connectivity index (χ2n) is 7.96. The first kappa shape index (κ1) is 22.1. The summed E-state index contributed by atoms with van der Waals surface area (Å²) in [5, 5.41) is 0. The molecule has 0 saturated carbocycles. The van der Waals surface area contributed by atoms with Gasteiger partial charge >= 0.3 is 6.09 Å². The Bertz CT molecular complexity index is 1120. The maximum atomic E-state index is 13.1. The fraction of sp³-hybridized carbons (Fsp3) is 0.391. The summed E-state index contributed by atoms with van der Waals surface area (Å²) < 4.78 is 32.7. The van der Waals surface area contributed by atoms with Crippen LogP contribution in [0.1, 0.15) is 28.4 Å². The van der Waals surface area contributed by atoms with Crippen molar-refractivity contribution in [2.24, 2.45) is 0 Å². The number of carbonyl (C=O) groups is 2. The summed E-state index contributed by atoms with van der Waals surface area (Å²) in [4.78, 5) is 28.4.